The number of benzene rings is 2. The lowest BCUT2D eigenvalue weighted by atomic mass is 10.2. The predicted octanol–water partition coefficient (Wildman–Crippen LogP) is 4.11. The van der Waals surface area contributed by atoms with Crippen LogP contribution in [0.3, 0.4) is 0 Å². The van der Waals surface area contributed by atoms with Crippen molar-refractivity contribution in [3.8, 4) is 11.5 Å². The molecule has 106 valence electrons. The lowest BCUT2D eigenvalue weighted by molar-refractivity contribution is 0.404. The summed E-state index contributed by atoms with van der Waals surface area (Å²) < 4.78 is 10.6. The van der Waals surface area contributed by atoms with Gasteiger partial charge in [-0.25, -0.2) is 9.97 Å². The van der Waals surface area contributed by atoms with Crippen LogP contribution in [-0.4, -0.2) is 17.1 Å². The molecule has 3 rings (SSSR count). The zero-order valence-electron chi connectivity index (χ0n) is 11.2. The zero-order chi connectivity index (χ0) is 14.7. The molecule has 0 aliphatic heterocycles. The van der Waals surface area contributed by atoms with Crippen molar-refractivity contribution >= 4 is 45.4 Å². The molecule has 21 heavy (non-hydrogen) atoms. The van der Waals surface area contributed by atoms with Gasteiger partial charge in [0.05, 0.1) is 12.6 Å². The number of aromatic nitrogens is 2. The Hall–Kier alpha value is -2.09. The Labute approximate surface area is 136 Å². The summed E-state index contributed by atoms with van der Waals surface area (Å²) in [6.45, 7) is 0. The minimum Gasteiger partial charge on any atom is -0.493 e. The van der Waals surface area contributed by atoms with Crippen LogP contribution in [-0.2, 0) is 0 Å². The maximum absolute atomic E-state index is 5.34. The fourth-order valence-electron chi connectivity index (χ4n) is 2.04. The van der Waals surface area contributed by atoms with E-state index in [2.05, 4.69) is 15.3 Å². The normalized spacial score (nSPS) is 10.4. The third-order valence-corrected chi connectivity index (χ3v) is 3.51. The molecule has 0 fully saturated rings. The molecule has 5 nitrogen and oxygen atoms in total. The number of fused-ring (bicyclic) bond motifs is 1. The van der Waals surface area contributed by atoms with E-state index in [0.29, 0.717) is 11.5 Å². The van der Waals surface area contributed by atoms with Crippen LogP contribution >= 0.6 is 23.0 Å². The summed E-state index contributed by atoms with van der Waals surface area (Å²) in [5, 5.41) is 4.16. The van der Waals surface area contributed by atoms with Crippen LogP contribution in [0.25, 0.3) is 10.9 Å². The molecular weight excluding hydrogens is 381 g/mol. The van der Waals surface area contributed by atoms with Crippen LogP contribution in [0.2, 0.25) is 0 Å². The van der Waals surface area contributed by atoms with Gasteiger partial charge in [0.15, 0.2) is 34.5 Å². The molecule has 0 aliphatic rings. The Morgan fingerprint density at radius 2 is 1.86 bits per heavy atom. The first-order valence-electron chi connectivity index (χ1n) is 6.25. The van der Waals surface area contributed by atoms with Gasteiger partial charge in [-0.2, -0.15) is 0 Å². The van der Waals surface area contributed by atoms with Gasteiger partial charge in [0.2, 0.25) is 0 Å². The summed E-state index contributed by atoms with van der Waals surface area (Å²) in [5.74, 6) is 2.00. The van der Waals surface area contributed by atoms with E-state index in [1.54, 1.807) is 7.11 Å². The van der Waals surface area contributed by atoms with Crippen molar-refractivity contribution in [1.29, 1.82) is 0 Å². The molecule has 1 heterocycles. The highest BCUT2D eigenvalue weighted by molar-refractivity contribution is 14.1. The van der Waals surface area contributed by atoms with Crippen molar-refractivity contribution in [2.24, 2.45) is 0 Å². The van der Waals surface area contributed by atoms with Crippen molar-refractivity contribution in [2.75, 3.05) is 12.4 Å². The van der Waals surface area contributed by atoms with E-state index in [1.165, 1.54) is 6.33 Å². The van der Waals surface area contributed by atoms with Crippen LogP contribution in [0.15, 0.2) is 48.8 Å². The van der Waals surface area contributed by atoms with Crippen molar-refractivity contribution in [3.05, 3.63) is 48.8 Å². The highest BCUT2D eigenvalue weighted by Gasteiger charge is 2.11. The van der Waals surface area contributed by atoms with Gasteiger partial charge in [-0.15, -0.1) is 0 Å². The topological polar surface area (TPSA) is 56.3 Å². The summed E-state index contributed by atoms with van der Waals surface area (Å²) in [6, 6.07) is 13.6. The number of anilines is 2. The number of methoxy groups -OCH3 is 1. The van der Waals surface area contributed by atoms with Gasteiger partial charge in [-0.05, 0) is 18.2 Å². The van der Waals surface area contributed by atoms with Crippen LogP contribution in [0.5, 0.6) is 11.5 Å². The van der Waals surface area contributed by atoms with Gasteiger partial charge in [0, 0.05) is 17.1 Å². The van der Waals surface area contributed by atoms with Crippen LogP contribution in [0.1, 0.15) is 0 Å². The summed E-state index contributed by atoms with van der Waals surface area (Å²) in [4.78, 5) is 8.59. The molecule has 0 saturated heterocycles. The fourth-order valence-corrected chi connectivity index (χ4v) is 2.39. The molecule has 0 atom stereocenters. The van der Waals surface area contributed by atoms with E-state index in [0.717, 1.165) is 22.4 Å². The van der Waals surface area contributed by atoms with Crippen molar-refractivity contribution in [1.82, 2.24) is 9.97 Å². The van der Waals surface area contributed by atoms with Crippen molar-refractivity contribution in [2.45, 2.75) is 0 Å². The SMILES string of the molecule is COc1cc2c(Nc3ccccc3)ncnc2cc1OI. The maximum atomic E-state index is 5.34. The number of halogens is 1. The molecule has 0 radical (unpaired) electrons. The van der Waals surface area contributed by atoms with Gasteiger partial charge in [-0.1, -0.05) is 18.2 Å². The van der Waals surface area contributed by atoms with E-state index < -0.39 is 0 Å². The molecular formula is C15H12IN3O2. The number of hydrogen-bond acceptors (Lipinski definition) is 5. The molecule has 0 unspecified atom stereocenters. The quantitative estimate of drug-likeness (QED) is 0.677. The van der Waals surface area contributed by atoms with Gasteiger partial charge < -0.3 is 13.1 Å². The Morgan fingerprint density at radius 1 is 1.05 bits per heavy atom. The predicted molar refractivity (Wildman–Crippen MR) is 90.5 cm³/mol. The molecule has 0 spiro atoms. The summed E-state index contributed by atoms with van der Waals surface area (Å²) in [7, 11) is 1.61. The largest absolute Gasteiger partial charge is 0.493 e. The van der Waals surface area contributed by atoms with E-state index in [4.69, 9.17) is 7.80 Å². The van der Waals surface area contributed by atoms with Gasteiger partial charge in [0.1, 0.15) is 12.1 Å². The number of hydrogen-bond donors (Lipinski definition) is 1. The van der Waals surface area contributed by atoms with Gasteiger partial charge >= 0.3 is 0 Å². The van der Waals surface area contributed by atoms with Crippen LogP contribution < -0.4 is 13.1 Å². The minimum absolute atomic E-state index is 0.634. The second-order valence-electron chi connectivity index (χ2n) is 4.31. The third-order valence-electron chi connectivity index (χ3n) is 3.04. The Bertz CT molecular complexity index is 765. The standard InChI is InChI=1S/C15H12IN3O2/c1-20-13-7-11-12(8-14(13)21-16)17-9-18-15(11)19-10-5-3-2-4-6-10/h2-9H,1H3,(H,17,18,19). The Morgan fingerprint density at radius 3 is 2.57 bits per heavy atom. The summed E-state index contributed by atoms with van der Waals surface area (Å²) in [6.07, 6.45) is 1.52. The van der Waals surface area contributed by atoms with E-state index in [9.17, 15) is 0 Å². The molecule has 0 saturated carbocycles. The first kappa shape index (κ1) is 13.9. The number of nitrogens with one attached hydrogen (secondary N) is 1. The first-order chi connectivity index (χ1) is 10.3. The Balaban J connectivity index is 2.10. The molecule has 2 aromatic carbocycles. The third kappa shape index (κ3) is 2.85. The highest BCUT2D eigenvalue weighted by atomic mass is 127. The van der Waals surface area contributed by atoms with E-state index >= 15 is 0 Å². The van der Waals surface area contributed by atoms with Crippen molar-refractivity contribution < 1.29 is 7.80 Å². The number of rotatable bonds is 4. The second kappa shape index (κ2) is 6.13. The summed E-state index contributed by atoms with van der Waals surface area (Å²) >= 11 is 1.82. The smallest absolute Gasteiger partial charge is 0.192 e. The average Bonchev–Trinajstić information content (AvgIpc) is 2.55. The minimum atomic E-state index is 0.634. The lowest BCUT2D eigenvalue weighted by Crippen LogP contribution is -1.97. The fraction of sp³-hybridized carbons (Fsp3) is 0.0667. The lowest BCUT2D eigenvalue weighted by Gasteiger charge is -2.11. The van der Waals surface area contributed by atoms with Crippen molar-refractivity contribution in [3.63, 3.8) is 0 Å². The highest BCUT2D eigenvalue weighted by Crippen LogP contribution is 2.35. The number of ether oxygens (including phenoxy) is 1. The van der Waals surface area contributed by atoms with Crippen LogP contribution in [0, 0.1) is 0 Å². The first-order valence-corrected chi connectivity index (χ1v) is 7.13. The molecule has 3 aromatic rings. The summed E-state index contributed by atoms with van der Waals surface area (Å²) in [5.41, 5.74) is 1.75. The molecule has 1 N–H and O–H groups in total. The molecule has 0 bridgehead atoms. The second-order valence-corrected chi connectivity index (χ2v) is 4.75. The van der Waals surface area contributed by atoms with E-state index in [-0.39, 0.29) is 0 Å². The molecule has 1 aromatic heterocycles. The maximum Gasteiger partial charge on any atom is 0.192 e. The zero-order valence-corrected chi connectivity index (χ0v) is 13.4. The molecule has 6 heteroatoms. The monoisotopic (exact) mass is 393 g/mol. The average molecular weight is 393 g/mol. The molecule has 0 aliphatic carbocycles. The Kier molecular flexibility index (Phi) is 4.05. The van der Waals surface area contributed by atoms with Crippen LogP contribution in [0.4, 0.5) is 11.5 Å². The van der Waals surface area contributed by atoms with Gasteiger partial charge in [-0.3, -0.25) is 0 Å². The van der Waals surface area contributed by atoms with Gasteiger partial charge in [0.25, 0.3) is 0 Å². The van der Waals surface area contributed by atoms with E-state index in [1.807, 2.05) is 65.5 Å². The number of nitrogens with zero attached hydrogens (tertiary/aromatic N) is 2. The molecule has 0 amide bonds. The number of para-hydroxylation sites is 1.